The normalized spacial score (nSPS) is 16.2. The average Bonchev–Trinajstić information content (AvgIpc) is 2.11. The highest BCUT2D eigenvalue weighted by Gasteiger charge is 2.19. The van der Waals surface area contributed by atoms with Crippen molar-refractivity contribution in [2.24, 2.45) is 0 Å². The first-order valence-corrected chi connectivity index (χ1v) is 4.38. The van der Waals surface area contributed by atoms with Crippen LogP contribution in [-0.4, -0.2) is 35.8 Å². The number of alkyl halides is 2. The fourth-order valence-corrected chi connectivity index (χ4v) is 1.05. The molecule has 0 bridgehead atoms. The van der Waals surface area contributed by atoms with Gasteiger partial charge in [0.05, 0.1) is 12.4 Å². The third kappa shape index (κ3) is 2.72. The molecule has 5 nitrogen and oxygen atoms in total. The fourth-order valence-electron chi connectivity index (χ4n) is 1.05. The van der Waals surface area contributed by atoms with E-state index < -0.39 is 6.61 Å². The zero-order valence-corrected chi connectivity index (χ0v) is 7.69. The summed E-state index contributed by atoms with van der Waals surface area (Å²) in [6.45, 7) is -1.46. The number of hydrogen-bond donors (Lipinski definition) is 1. The SMILES string of the molecule is FC(F)Oc1cncc(OC2CNC2)n1. The molecule has 2 rings (SSSR count). The van der Waals surface area contributed by atoms with E-state index >= 15 is 0 Å². The number of ether oxygens (including phenoxy) is 2. The summed E-state index contributed by atoms with van der Waals surface area (Å²) in [6, 6.07) is 0. The minimum Gasteiger partial charge on any atom is -0.470 e. The number of aromatic nitrogens is 2. The molecule has 1 N–H and O–H groups in total. The van der Waals surface area contributed by atoms with Crippen LogP contribution >= 0.6 is 0 Å². The van der Waals surface area contributed by atoms with Crippen molar-refractivity contribution in [1.29, 1.82) is 0 Å². The molecule has 0 spiro atoms. The number of rotatable bonds is 4. The summed E-state index contributed by atoms with van der Waals surface area (Å²) >= 11 is 0. The first-order valence-electron chi connectivity index (χ1n) is 4.38. The highest BCUT2D eigenvalue weighted by atomic mass is 19.3. The minimum absolute atomic E-state index is 0.0288. The maximum Gasteiger partial charge on any atom is 0.388 e. The Morgan fingerprint density at radius 1 is 1.33 bits per heavy atom. The zero-order valence-electron chi connectivity index (χ0n) is 7.69. The summed E-state index contributed by atoms with van der Waals surface area (Å²) in [6.07, 6.45) is 2.50. The molecule has 1 aliphatic rings. The summed E-state index contributed by atoms with van der Waals surface area (Å²) in [5.41, 5.74) is 0. The van der Waals surface area contributed by atoms with E-state index in [0.717, 1.165) is 19.3 Å². The molecule has 7 heteroatoms. The van der Waals surface area contributed by atoms with Gasteiger partial charge in [-0.25, -0.2) is 0 Å². The van der Waals surface area contributed by atoms with Gasteiger partial charge in [-0.2, -0.15) is 13.8 Å². The Labute approximate surface area is 84.4 Å². The average molecular weight is 217 g/mol. The molecule has 0 aromatic carbocycles. The van der Waals surface area contributed by atoms with Crippen LogP contribution in [0.5, 0.6) is 11.8 Å². The molecular weight excluding hydrogens is 208 g/mol. The van der Waals surface area contributed by atoms with Crippen molar-refractivity contribution >= 4 is 0 Å². The third-order valence-corrected chi connectivity index (χ3v) is 1.83. The minimum atomic E-state index is -2.90. The Balaban J connectivity index is 1.98. The lowest BCUT2D eigenvalue weighted by Crippen LogP contribution is -2.50. The van der Waals surface area contributed by atoms with Gasteiger partial charge in [0.1, 0.15) is 6.10 Å². The van der Waals surface area contributed by atoms with Crippen LogP contribution in [0.4, 0.5) is 8.78 Å². The van der Waals surface area contributed by atoms with Gasteiger partial charge in [-0.05, 0) is 0 Å². The molecule has 1 aromatic rings. The second-order valence-corrected chi connectivity index (χ2v) is 2.97. The van der Waals surface area contributed by atoms with Gasteiger partial charge in [0.2, 0.25) is 11.8 Å². The van der Waals surface area contributed by atoms with Crippen molar-refractivity contribution in [2.75, 3.05) is 13.1 Å². The van der Waals surface area contributed by atoms with E-state index in [4.69, 9.17) is 4.74 Å². The Kier molecular flexibility index (Phi) is 2.91. The molecule has 2 heterocycles. The van der Waals surface area contributed by atoms with E-state index in [9.17, 15) is 8.78 Å². The standard InChI is InChI=1S/C8H9F2N3O2/c9-8(10)15-7-4-12-3-6(13-7)14-5-1-11-2-5/h3-5,8,11H,1-2H2. The van der Waals surface area contributed by atoms with Gasteiger partial charge in [0.25, 0.3) is 0 Å². The Hall–Kier alpha value is -1.50. The van der Waals surface area contributed by atoms with E-state index in [1.165, 1.54) is 6.20 Å². The monoisotopic (exact) mass is 217 g/mol. The van der Waals surface area contributed by atoms with Crippen molar-refractivity contribution < 1.29 is 18.3 Å². The summed E-state index contributed by atoms with van der Waals surface area (Å²) < 4.78 is 33.1. The summed E-state index contributed by atoms with van der Waals surface area (Å²) in [5.74, 6) is -0.0468. The van der Waals surface area contributed by atoms with Crippen molar-refractivity contribution in [3.63, 3.8) is 0 Å². The van der Waals surface area contributed by atoms with Crippen LogP contribution in [0.2, 0.25) is 0 Å². The number of nitrogens with zero attached hydrogens (tertiary/aromatic N) is 2. The summed E-state index contributed by atoms with van der Waals surface area (Å²) in [7, 11) is 0. The topological polar surface area (TPSA) is 56.3 Å². The number of halogens is 2. The molecule has 0 aliphatic carbocycles. The highest BCUT2D eigenvalue weighted by molar-refractivity contribution is 5.13. The van der Waals surface area contributed by atoms with E-state index in [1.54, 1.807) is 0 Å². The van der Waals surface area contributed by atoms with Crippen LogP contribution in [0, 0.1) is 0 Å². The van der Waals surface area contributed by atoms with Gasteiger partial charge < -0.3 is 14.8 Å². The molecule has 0 unspecified atom stereocenters. The maximum absolute atomic E-state index is 11.9. The maximum atomic E-state index is 11.9. The van der Waals surface area contributed by atoms with Crippen LogP contribution in [0.15, 0.2) is 12.4 Å². The first kappa shape index (κ1) is 10.0. The van der Waals surface area contributed by atoms with Crippen molar-refractivity contribution in [1.82, 2.24) is 15.3 Å². The molecule has 1 saturated heterocycles. The van der Waals surface area contributed by atoms with Crippen LogP contribution in [0.3, 0.4) is 0 Å². The van der Waals surface area contributed by atoms with Gasteiger partial charge in [-0.15, -0.1) is 0 Å². The van der Waals surface area contributed by atoms with Gasteiger partial charge in [0, 0.05) is 13.1 Å². The van der Waals surface area contributed by atoms with E-state index in [0.29, 0.717) is 0 Å². The fraction of sp³-hybridized carbons (Fsp3) is 0.500. The highest BCUT2D eigenvalue weighted by Crippen LogP contribution is 2.15. The molecule has 0 radical (unpaired) electrons. The predicted octanol–water partition coefficient (Wildman–Crippen LogP) is 0.429. The summed E-state index contributed by atoms with van der Waals surface area (Å²) in [5, 5.41) is 3.00. The predicted molar refractivity (Wildman–Crippen MR) is 45.9 cm³/mol. The van der Waals surface area contributed by atoms with Gasteiger partial charge in [-0.1, -0.05) is 0 Å². The van der Waals surface area contributed by atoms with Crippen LogP contribution in [-0.2, 0) is 0 Å². The molecular formula is C8H9F2N3O2. The molecule has 15 heavy (non-hydrogen) atoms. The lowest BCUT2D eigenvalue weighted by molar-refractivity contribution is -0.0535. The molecule has 0 amide bonds. The second-order valence-electron chi connectivity index (χ2n) is 2.97. The van der Waals surface area contributed by atoms with Crippen LogP contribution in [0.25, 0.3) is 0 Å². The lowest BCUT2D eigenvalue weighted by atomic mass is 10.2. The van der Waals surface area contributed by atoms with Crippen molar-refractivity contribution in [3.05, 3.63) is 12.4 Å². The van der Waals surface area contributed by atoms with Crippen LogP contribution in [0.1, 0.15) is 0 Å². The molecule has 82 valence electrons. The molecule has 0 saturated carbocycles. The molecule has 0 atom stereocenters. The van der Waals surface area contributed by atoms with E-state index in [1.807, 2.05) is 0 Å². The Morgan fingerprint density at radius 2 is 2.07 bits per heavy atom. The molecule has 1 aromatic heterocycles. The smallest absolute Gasteiger partial charge is 0.388 e. The largest absolute Gasteiger partial charge is 0.470 e. The Morgan fingerprint density at radius 3 is 2.67 bits per heavy atom. The third-order valence-electron chi connectivity index (χ3n) is 1.83. The van der Waals surface area contributed by atoms with Gasteiger partial charge in [0.15, 0.2) is 0 Å². The Bertz CT molecular complexity index is 333. The lowest BCUT2D eigenvalue weighted by Gasteiger charge is -2.26. The number of hydrogen-bond acceptors (Lipinski definition) is 5. The van der Waals surface area contributed by atoms with E-state index in [2.05, 4.69) is 20.0 Å². The van der Waals surface area contributed by atoms with Crippen LogP contribution < -0.4 is 14.8 Å². The summed E-state index contributed by atoms with van der Waals surface area (Å²) in [4.78, 5) is 7.40. The van der Waals surface area contributed by atoms with E-state index in [-0.39, 0.29) is 17.9 Å². The first-order chi connectivity index (χ1) is 7.24. The molecule has 1 fully saturated rings. The quantitative estimate of drug-likeness (QED) is 0.792. The van der Waals surface area contributed by atoms with Gasteiger partial charge in [-0.3, -0.25) is 4.98 Å². The second kappa shape index (κ2) is 4.35. The molecule has 1 aliphatic heterocycles. The zero-order chi connectivity index (χ0) is 10.7. The van der Waals surface area contributed by atoms with Crippen molar-refractivity contribution in [3.8, 4) is 11.8 Å². The number of nitrogens with one attached hydrogen (secondary N) is 1. The van der Waals surface area contributed by atoms with Gasteiger partial charge >= 0.3 is 6.61 Å². The van der Waals surface area contributed by atoms with Crippen molar-refractivity contribution in [2.45, 2.75) is 12.7 Å².